The van der Waals surface area contributed by atoms with Crippen molar-refractivity contribution in [2.45, 2.75) is 12.8 Å². The van der Waals surface area contributed by atoms with Crippen LogP contribution in [0, 0.1) is 0 Å². The highest BCUT2D eigenvalue weighted by molar-refractivity contribution is 7.90. The smallest absolute Gasteiger partial charge is 0.259 e. The van der Waals surface area contributed by atoms with Crippen molar-refractivity contribution < 1.29 is 9.53 Å². The molecule has 1 amide bonds. The van der Waals surface area contributed by atoms with Gasteiger partial charge in [-0.05, 0) is 36.1 Å². The molecular weight excluding hydrogens is 314 g/mol. The van der Waals surface area contributed by atoms with Gasteiger partial charge in [0.05, 0.1) is 4.88 Å². The molecule has 0 spiro atoms. The molecule has 2 N–H and O–H groups in total. The number of para-hydroxylation sites is 1. The maximum Gasteiger partial charge on any atom is 0.259 e. The van der Waals surface area contributed by atoms with Gasteiger partial charge in [-0.3, -0.25) is 4.79 Å². The number of carbonyl (C=O) groups is 1. The van der Waals surface area contributed by atoms with Crippen LogP contribution in [0.15, 0.2) is 48.6 Å². The first-order chi connectivity index (χ1) is 10.6. The molecule has 0 atom stereocenters. The Labute approximate surface area is 138 Å². The average molecular weight is 329 g/mol. The number of benzene rings is 1. The zero-order valence-corrected chi connectivity index (χ0v) is 13.5. The first-order valence-corrected chi connectivity index (χ1v) is 8.11. The van der Waals surface area contributed by atoms with E-state index in [0.29, 0.717) is 9.94 Å². The number of primary amides is 1. The molecule has 3 rings (SSSR count). The van der Waals surface area contributed by atoms with Gasteiger partial charge in [-0.2, -0.15) is 0 Å². The molecule has 0 saturated carbocycles. The number of allylic oxidation sites excluding steroid dienone is 2. The van der Waals surface area contributed by atoms with Crippen LogP contribution < -0.4 is 10.5 Å². The first kappa shape index (κ1) is 14.9. The molecule has 1 aromatic carbocycles. The number of nitrogens with two attached hydrogens (primary N) is 1. The standard InChI is InChI=1S/C17H15NO2S2/c1-2-10-8-9-12-13(14(10)21)17(22-15(12)16(18)19)20-11-6-4-3-5-7-11/h2-7,21H,1,8-9H2,(H2,18,19). The summed E-state index contributed by atoms with van der Waals surface area (Å²) < 4.78 is 5.96. The summed E-state index contributed by atoms with van der Waals surface area (Å²) in [6.45, 7) is 3.83. The van der Waals surface area contributed by atoms with Gasteiger partial charge in [-0.1, -0.05) is 42.2 Å². The molecule has 0 saturated heterocycles. The van der Waals surface area contributed by atoms with Crippen molar-refractivity contribution >= 4 is 34.8 Å². The maximum atomic E-state index is 11.7. The Bertz CT molecular complexity index is 775. The molecule has 112 valence electrons. The summed E-state index contributed by atoms with van der Waals surface area (Å²) in [5, 5.41) is 0.652. The summed E-state index contributed by atoms with van der Waals surface area (Å²) in [5.74, 6) is 0.293. The average Bonchev–Trinajstić information content (AvgIpc) is 2.88. The van der Waals surface area contributed by atoms with Crippen LogP contribution in [-0.2, 0) is 6.42 Å². The zero-order chi connectivity index (χ0) is 15.7. The van der Waals surface area contributed by atoms with Gasteiger partial charge in [-0.15, -0.1) is 12.6 Å². The molecule has 2 aromatic rings. The monoisotopic (exact) mass is 329 g/mol. The molecule has 5 heteroatoms. The van der Waals surface area contributed by atoms with Crippen LogP contribution in [0.2, 0.25) is 0 Å². The van der Waals surface area contributed by atoms with Crippen LogP contribution in [0.1, 0.15) is 27.2 Å². The van der Waals surface area contributed by atoms with E-state index in [1.165, 1.54) is 11.3 Å². The van der Waals surface area contributed by atoms with E-state index in [2.05, 4.69) is 19.2 Å². The van der Waals surface area contributed by atoms with Crippen LogP contribution in [0.3, 0.4) is 0 Å². The van der Waals surface area contributed by atoms with E-state index in [-0.39, 0.29) is 0 Å². The van der Waals surface area contributed by atoms with Crippen molar-refractivity contribution in [3.8, 4) is 10.8 Å². The van der Waals surface area contributed by atoms with Gasteiger partial charge in [-0.25, -0.2) is 0 Å². The highest BCUT2D eigenvalue weighted by Crippen LogP contribution is 2.47. The lowest BCUT2D eigenvalue weighted by atomic mass is 9.93. The minimum atomic E-state index is -0.424. The Balaban J connectivity index is 2.14. The van der Waals surface area contributed by atoms with Gasteiger partial charge >= 0.3 is 0 Å². The molecule has 0 aliphatic heterocycles. The minimum Gasteiger partial charge on any atom is -0.446 e. The van der Waals surface area contributed by atoms with Gasteiger partial charge < -0.3 is 10.5 Å². The SMILES string of the molecule is C=CC1=C(S)c2c(Oc3ccccc3)sc(C(N)=O)c2CC1. The van der Waals surface area contributed by atoms with E-state index in [4.69, 9.17) is 10.5 Å². The van der Waals surface area contributed by atoms with Gasteiger partial charge in [0.1, 0.15) is 5.75 Å². The Kier molecular flexibility index (Phi) is 4.09. The van der Waals surface area contributed by atoms with Crippen LogP contribution in [0.5, 0.6) is 10.8 Å². The molecule has 1 aromatic heterocycles. The molecule has 0 bridgehead atoms. The lowest BCUT2D eigenvalue weighted by molar-refractivity contribution is 0.100. The highest BCUT2D eigenvalue weighted by atomic mass is 32.1. The molecule has 1 aliphatic rings. The third-order valence-corrected chi connectivity index (χ3v) is 5.22. The van der Waals surface area contributed by atoms with Gasteiger partial charge in [0.15, 0.2) is 5.06 Å². The van der Waals surface area contributed by atoms with Gasteiger partial charge in [0.25, 0.3) is 5.91 Å². The minimum absolute atomic E-state index is 0.424. The predicted octanol–water partition coefficient (Wildman–Crippen LogP) is 4.41. The van der Waals surface area contributed by atoms with Crippen molar-refractivity contribution in [1.82, 2.24) is 0 Å². The largest absolute Gasteiger partial charge is 0.446 e. The maximum absolute atomic E-state index is 11.7. The van der Waals surface area contributed by atoms with E-state index in [0.717, 1.165) is 40.2 Å². The number of rotatable bonds is 4. The topological polar surface area (TPSA) is 52.3 Å². The number of thiol groups is 1. The summed E-state index contributed by atoms with van der Waals surface area (Å²) in [6.07, 6.45) is 3.35. The fourth-order valence-electron chi connectivity index (χ4n) is 2.52. The Morgan fingerprint density at radius 3 is 2.68 bits per heavy atom. The Morgan fingerprint density at radius 2 is 2.05 bits per heavy atom. The summed E-state index contributed by atoms with van der Waals surface area (Å²) in [6, 6.07) is 9.46. The van der Waals surface area contributed by atoms with Crippen LogP contribution >= 0.6 is 24.0 Å². The molecule has 0 unspecified atom stereocenters. The molecule has 3 nitrogen and oxygen atoms in total. The second kappa shape index (κ2) is 6.02. The van der Waals surface area contributed by atoms with Crippen LogP contribution in [0.4, 0.5) is 0 Å². The third kappa shape index (κ3) is 2.58. The number of thiophene rings is 1. The molecule has 1 aliphatic carbocycles. The summed E-state index contributed by atoms with van der Waals surface area (Å²) >= 11 is 5.90. The quantitative estimate of drug-likeness (QED) is 0.816. The highest BCUT2D eigenvalue weighted by Gasteiger charge is 2.28. The fraction of sp³-hybridized carbons (Fsp3) is 0.118. The number of fused-ring (bicyclic) bond motifs is 1. The summed E-state index contributed by atoms with van der Waals surface area (Å²) in [5.41, 5.74) is 8.37. The second-order valence-electron chi connectivity index (χ2n) is 4.93. The summed E-state index contributed by atoms with van der Waals surface area (Å²) in [4.78, 5) is 13.1. The number of ether oxygens (including phenoxy) is 1. The number of hydrogen-bond donors (Lipinski definition) is 2. The number of hydrogen-bond acceptors (Lipinski definition) is 4. The summed E-state index contributed by atoms with van der Waals surface area (Å²) in [7, 11) is 0. The third-order valence-electron chi connectivity index (χ3n) is 3.58. The fourth-order valence-corrected chi connectivity index (χ4v) is 4.12. The Hall–Kier alpha value is -1.98. The first-order valence-electron chi connectivity index (χ1n) is 6.85. The molecule has 22 heavy (non-hydrogen) atoms. The molecule has 0 radical (unpaired) electrons. The second-order valence-corrected chi connectivity index (χ2v) is 6.36. The van der Waals surface area contributed by atoms with Crippen LogP contribution in [-0.4, -0.2) is 5.91 Å². The van der Waals surface area contributed by atoms with E-state index in [9.17, 15) is 4.79 Å². The molecule has 0 fully saturated rings. The zero-order valence-electron chi connectivity index (χ0n) is 11.8. The van der Waals surface area contributed by atoms with Gasteiger partial charge in [0, 0.05) is 10.5 Å². The Morgan fingerprint density at radius 1 is 1.32 bits per heavy atom. The number of amides is 1. The molecular formula is C17H15NO2S2. The van der Waals surface area contributed by atoms with Crippen molar-refractivity contribution in [2.24, 2.45) is 5.73 Å². The van der Waals surface area contributed by atoms with Crippen LogP contribution in [0.25, 0.3) is 4.91 Å². The van der Waals surface area contributed by atoms with Crippen molar-refractivity contribution in [3.63, 3.8) is 0 Å². The van der Waals surface area contributed by atoms with Crippen molar-refractivity contribution in [1.29, 1.82) is 0 Å². The molecule has 1 heterocycles. The van der Waals surface area contributed by atoms with Crippen molar-refractivity contribution in [2.75, 3.05) is 0 Å². The normalized spacial score (nSPS) is 13.7. The van der Waals surface area contributed by atoms with Crippen molar-refractivity contribution in [3.05, 3.63) is 64.6 Å². The lowest BCUT2D eigenvalue weighted by Crippen LogP contribution is -2.12. The predicted molar refractivity (Wildman–Crippen MR) is 93.8 cm³/mol. The van der Waals surface area contributed by atoms with E-state index in [1.54, 1.807) is 6.08 Å². The number of carbonyl (C=O) groups excluding carboxylic acids is 1. The van der Waals surface area contributed by atoms with E-state index in [1.807, 2.05) is 30.3 Å². The lowest BCUT2D eigenvalue weighted by Gasteiger charge is -2.17. The van der Waals surface area contributed by atoms with E-state index < -0.39 is 5.91 Å². The van der Waals surface area contributed by atoms with E-state index >= 15 is 0 Å². The van der Waals surface area contributed by atoms with Gasteiger partial charge in [0.2, 0.25) is 0 Å².